The molecule has 0 bridgehead atoms. The Bertz CT molecular complexity index is 877. The first-order chi connectivity index (χ1) is 11.5. The molecular weight excluding hydrogens is 422 g/mol. The van der Waals surface area contributed by atoms with E-state index in [2.05, 4.69) is 25.6 Å². The molecule has 0 spiro atoms. The Morgan fingerprint density at radius 1 is 1.24 bits per heavy atom. The fourth-order valence-corrected chi connectivity index (χ4v) is 3.77. The lowest BCUT2D eigenvalue weighted by Crippen LogP contribution is -2.08. The number of hydrogen-bond acceptors (Lipinski definition) is 7. The van der Waals surface area contributed by atoms with Gasteiger partial charge in [-0.05, 0) is 31.5 Å². The van der Waals surface area contributed by atoms with Crippen LogP contribution in [0.25, 0.3) is 10.6 Å². The molecule has 132 valence electrons. The van der Waals surface area contributed by atoms with Crippen LogP contribution in [0.15, 0.2) is 23.7 Å². The van der Waals surface area contributed by atoms with E-state index in [1.807, 2.05) is 38.3 Å². The van der Waals surface area contributed by atoms with Gasteiger partial charge in [0.05, 0.1) is 16.3 Å². The van der Waals surface area contributed by atoms with Gasteiger partial charge >= 0.3 is 0 Å². The second-order valence-corrected chi connectivity index (χ2v) is 7.07. The first-order valence-corrected chi connectivity index (χ1v) is 9.17. The summed E-state index contributed by atoms with van der Waals surface area (Å²) in [6.07, 6.45) is 2.20. The minimum absolute atomic E-state index is 0. The molecule has 0 fully saturated rings. The Morgan fingerprint density at radius 2 is 2.04 bits per heavy atom. The van der Waals surface area contributed by atoms with Crippen molar-refractivity contribution in [1.82, 2.24) is 15.0 Å². The average Bonchev–Trinajstić information content (AvgIpc) is 3.13. The van der Waals surface area contributed by atoms with E-state index in [-0.39, 0.29) is 22.9 Å². The van der Waals surface area contributed by atoms with Crippen molar-refractivity contribution in [2.45, 2.75) is 27.2 Å². The number of hydrogen-bond donors (Lipinski definition) is 2. The second kappa shape index (κ2) is 8.50. The number of anilines is 3. The lowest BCUT2D eigenvalue weighted by atomic mass is 10.3. The molecule has 0 atom stereocenters. The average molecular weight is 440 g/mol. The molecule has 25 heavy (non-hydrogen) atoms. The quantitative estimate of drug-likeness (QED) is 0.587. The molecule has 1 amide bonds. The Balaban J connectivity index is 0.00000225. The van der Waals surface area contributed by atoms with Crippen molar-refractivity contribution in [2.75, 3.05) is 10.6 Å². The summed E-state index contributed by atoms with van der Waals surface area (Å²) in [7, 11) is 0. The monoisotopic (exact) mass is 439 g/mol. The SMILES string of the molecule is Br.CCC(=O)Nc1nc(C)c(-c2csc(Nc3cc(C)ccn3)n2)s1. The van der Waals surface area contributed by atoms with Crippen molar-refractivity contribution < 1.29 is 4.79 Å². The van der Waals surface area contributed by atoms with Crippen molar-refractivity contribution >= 4 is 61.6 Å². The first-order valence-electron chi connectivity index (χ1n) is 7.48. The topological polar surface area (TPSA) is 79.8 Å². The van der Waals surface area contributed by atoms with Gasteiger partial charge in [0.1, 0.15) is 5.82 Å². The van der Waals surface area contributed by atoms with Crippen molar-refractivity contribution in [3.8, 4) is 10.6 Å². The van der Waals surface area contributed by atoms with Crippen LogP contribution in [0.5, 0.6) is 0 Å². The molecule has 6 nitrogen and oxygen atoms in total. The molecule has 9 heteroatoms. The van der Waals surface area contributed by atoms with Gasteiger partial charge in [-0.3, -0.25) is 4.79 Å². The molecule has 0 saturated carbocycles. The van der Waals surface area contributed by atoms with Crippen molar-refractivity contribution in [3.63, 3.8) is 0 Å². The maximum Gasteiger partial charge on any atom is 0.225 e. The lowest BCUT2D eigenvalue weighted by Gasteiger charge is -2.01. The fourth-order valence-electron chi connectivity index (χ4n) is 2.04. The Labute approximate surface area is 164 Å². The molecule has 0 radical (unpaired) electrons. The fraction of sp³-hybridized carbons (Fsp3) is 0.250. The third kappa shape index (κ3) is 4.83. The summed E-state index contributed by atoms with van der Waals surface area (Å²) in [4.78, 5) is 25.7. The highest BCUT2D eigenvalue weighted by Crippen LogP contribution is 2.35. The van der Waals surface area contributed by atoms with Crippen LogP contribution >= 0.6 is 39.7 Å². The molecular formula is C16H18BrN5OS2. The molecule has 0 saturated heterocycles. The maximum atomic E-state index is 11.5. The third-order valence-electron chi connectivity index (χ3n) is 3.25. The zero-order valence-electron chi connectivity index (χ0n) is 14.0. The van der Waals surface area contributed by atoms with Crippen LogP contribution in [0.2, 0.25) is 0 Å². The Morgan fingerprint density at radius 3 is 2.76 bits per heavy atom. The molecule has 0 aliphatic heterocycles. The van der Waals surface area contributed by atoms with Gasteiger partial charge in [0.25, 0.3) is 0 Å². The maximum absolute atomic E-state index is 11.5. The highest BCUT2D eigenvalue weighted by Gasteiger charge is 2.14. The van der Waals surface area contributed by atoms with Crippen LogP contribution in [0.1, 0.15) is 24.6 Å². The number of aryl methyl sites for hydroxylation is 2. The Kier molecular flexibility index (Phi) is 6.63. The molecule has 0 aliphatic carbocycles. The van der Waals surface area contributed by atoms with Crippen molar-refractivity contribution in [2.24, 2.45) is 0 Å². The van der Waals surface area contributed by atoms with Gasteiger partial charge in [0.2, 0.25) is 5.91 Å². The number of aromatic nitrogens is 3. The van der Waals surface area contributed by atoms with Crippen LogP contribution in [0.3, 0.4) is 0 Å². The zero-order chi connectivity index (χ0) is 17.1. The zero-order valence-corrected chi connectivity index (χ0v) is 17.3. The van der Waals surface area contributed by atoms with Crippen LogP contribution < -0.4 is 10.6 Å². The number of rotatable bonds is 5. The summed E-state index contributed by atoms with van der Waals surface area (Å²) in [5.41, 5.74) is 2.85. The van der Waals surface area contributed by atoms with E-state index in [1.165, 1.54) is 22.7 Å². The van der Waals surface area contributed by atoms with E-state index in [0.717, 1.165) is 32.8 Å². The van der Waals surface area contributed by atoms with E-state index in [9.17, 15) is 4.79 Å². The molecule has 2 N–H and O–H groups in total. The second-order valence-electron chi connectivity index (χ2n) is 5.22. The van der Waals surface area contributed by atoms with E-state index < -0.39 is 0 Å². The first kappa shape index (κ1) is 19.5. The predicted molar refractivity (Wildman–Crippen MR) is 109 cm³/mol. The number of halogens is 1. The summed E-state index contributed by atoms with van der Waals surface area (Å²) in [6, 6.07) is 3.92. The summed E-state index contributed by atoms with van der Waals surface area (Å²) < 4.78 is 0. The number of pyridine rings is 1. The van der Waals surface area contributed by atoms with Gasteiger partial charge in [-0.1, -0.05) is 18.3 Å². The highest BCUT2D eigenvalue weighted by molar-refractivity contribution is 8.93. The molecule has 3 aromatic heterocycles. The van der Waals surface area contributed by atoms with Gasteiger partial charge in [-0.15, -0.1) is 28.3 Å². The van der Waals surface area contributed by atoms with Crippen LogP contribution in [0.4, 0.5) is 16.1 Å². The van der Waals surface area contributed by atoms with Crippen molar-refractivity contribution in [3.05, 3.63) is 35.0 Å². The number of nitrogens with zero attached hydrogens (tertiary/aromatic N) is 3. The predicted octanol–water partition coefficient (Wildman–Crippen LogP) is 4.95. The standard InChI is InChI=1S/C16H17N5OS2.BrH/c1-4-13(22)21-16-18-10(3)14(24-16)11-8-23-15(19-11)20-12-7-9(2)5-6-17-12;/h5-8H,4H2,1-3H3,(H,17,19,20)(H,18,21,22);1H. The van der Waals surface area contributed by atoms with Crippen molar-refractivity contribution in [1.29, 1.82) is 0 Å². The van der Waals surface area contributed by atoms with Crippen LogP contribution in [-0.2, 0) is 4.79 Å². The number of carbonyl (C=O) groups excluding carboxylic acids is 1. The number of thiazole rings is 2. The molecule has 3 heterocycles. The third-order valence-corrected chi connectivity index (χ3v) is 5.10. The molecule has 3 aromatic rings. The van der Waals surface area contributed by atoms with E-state index in [4.69, 9.17) is 0 Å². The lowest BCUT2D eigenvalue weighted by molar-refractivity contribution is -0.115. The highest BCUT2D eigenvalue weighted by atomic mass is 79.9. The van der Waals surface area contributed by atoms with E-state index >= 15 is 0 Å². The molecule has 3 rings (SSSR count). The van der Waals surface area contributed by atoms with Crippen LogP contribution in [-0.4, -0.2) is 20.9 Å². The summed E-state index contributed by atoms with van der Waals surface area (Å²) in [5, 5.41) is 9.37. The van der Waals surface area contributed by atoms with Gasteiger partial charge in [0.15, 0.2) is 10.3 Å². The van der Waals surface area contributed by atoms with Gasteiger partial charge in [-0.25, -0.2) is 15.0 Å². The summed E-state index contributed by atoms with van der Waals surface area (Å²) in [5.74, 6) is 0.731. The normalized spacial score (nSPS) is 10.2. The smallest absolute Gasteiger partial charge is 0.225 e. The Hall–Kier alpha value is -1.84. The van der Waals surface area contributed by atoms with E-state index in [0.29, 0.717) is 11.6 Å². The summed E-state index contributed by atoms with van der Waals surface area (Å²) >= 11 is 2.95. The van der Waals surface area contributed by atoms with Gasteiger partial charge in [-0.2, -0.15) is 0 Å². The molecule has 0 unspecified atom stereocenters. The number of carbonyl (C=O) groups is 1. The van der Waals surface area contributed by atoms with Gasteiger partial charge < -0.3 is 10.6 Å². The molecule has 0 aromatic carbocycles. The number of nitrogens with one attached hydrogen (secondary N) is 2. The van der Waals surface area contributed by atoms with E-state index in [1.54, 1.807) is 6.20 Å². The summed E-state index contributed by atoms with van der Waals surface area (Å²) in [6.45, 7) is 5.75. The minimum Gasteiger partial charge on any atom is -0.316 e. The largest absolute Gasteiger partial charge is 0.316 e. The van der Waals surface area contributed by atoms with Gasteiger partial charge in [0, 0.05) is 18.0 Å². The number of amides is 1. The van der Waals surface area contributed by atoms with Crippen LogP contribution in [0, 0.1) is 13.8 Å². The molecule has 0 aliphatic rings. The minimum atomic E-state index is -0.0403.